The van der Waals surface area contributed by atoms with Crippen molar-refractivity contribution >= 4 is 11.8 Å². The second-order valence-electron chi connectivity index (χ2n) is 4.45. The zero-order chi connectivity index (χ0) is 12.8. The van der Waals surface area contributed by atoms with Crippen LogP contribution in [-0.2, 0) is 0 Å². The minimum absolute atomic E-state index is 0.330. The van der Waals surface area contributed by atoms with Gasteiger partial charge in [0.15, 0.2) is 0 Å². The van der Waals surface area contributed by atoms with Crippen LogP contribution >= 0.6 is 11.8 Å². The minimum atomic E-state index is 0.330. The van der Waals surface area contributed by atoms with Gasteiger partial charge in [0.1, 0.15) is 0 Å². The molecule has 1 aromatic carbocycles. The van der Waals surface area contributed by atoms with Gasteiger partial charge in [-0.1, -0.05) is 19.1 Å². The molecular formula is C14H24N2S. The van der Waals surface area contributed by atoms with Crippen molar-refractivity contribution < 1.29 is 0 Å². The average Bonchev–Trinajstić information content (AvgIpc) is 2.35. The van der Waals surface area contributed by atoms with Crippen LogP contribution in [0.3, 0.4) is 0 Å². The smallest absolute Gasteiger partial charge is 0.0473 e. The van der Waals surface area contributed by atoms with Crippen LogP contribution in [0.1, 0.15) is 32.4 Å². The van der Waals surface area contributed by atoms with Gasteiger partial charge in [0.05, 0.1) is 0 Å². The second kappa shape index (κ2) is 7.04. The molecule has 3 heteroatoms. The summed E-state index contributed by atoms with van der Waals surface area (Å²) in [7, 11) is 0. The summed E-state index contributed by atoms with van der Waals surface area (Å²) in [5.41, 5.74) is 7.26. The number of hydrogen-bond donors (Lipinski definition) is 1. The molecule has 0 aliphatic carbocycles. The molecule has 0 aliphatic rings. The number of benzene rings is 1. The van der Waals surface area contributed by atoms with Crippen molar-refractivity contribution in [2.75, 3.05) is 19.3 Å². The molecule has 0 spiro atoms. The van der Waals surface area contributed by atoms with Gasteiger partial charge in [0.2, 0.25) is 0 Å². The van der Waals surface area contributed by atoms with Crippen molar-refractivity contribution in [2.24, 2.45) is 5.73 Å². The van der Waals surface area contributed by atoms with E-state index in [2.05, 4.69) is 56.2 Å². The van der Waals surface area contributed by atoms with E-state index >= 15 is 0 Å². The number of hydrogen-bond acceptors (Lipinski definition) is 3. The third kappa shape index (κ3) is 3.73. The monoisotopic (exact) mass is 252 g/mol. The summed E-state index contributed by atoms with van der Waals surface area (Å²) in [5, 5.41) is 0. The normalized spacial score (nSPS) is 13.4. The Hall–Kier alpha value is -0.510. The van der Waals surface area contributed by atoms with Gasteiger partial charge >= 0.3 is 0 Å². The third-order valence-electron chi connectivity index (χ3n) is 3.15. The fourth-order valence-corrected chi connectivity index (χ4v) is 2.64. The van der Waals surface area contributed by atoms with E-state index in [1.807, 2.05) is 0 Å². The van der Waals surface area contributed by atoms with Crippen LogP contribution in [0.2, 0.25) is 0 Å². The molecule has 0 heterocycles. The predicted molar refractivity (Wildman–Crippen MR) is 77.5 cm³/mol. The minimum Gasteiger partial charge on any atom is -0.329 e. The molecule has 0 aromatic heterocycles. The molecule has 1 rings (SSSR count). The maximum Gasteiger partial charge on any atom is 0.0473 e. The van der Waals surface area contributed by atoms with E-state index in [0.717, 1.165) is 6.54 Å². The summed E-state index contributed by atoms with van der Waals surface area (Å²) in [5.74, 6) is 0. The lowest BCUT2D eigenvalue weighted by molar-refractivity contribution is 0.166. The molecule has 96 valence electrons. The van der Waals surface area contributed by atoms with E-state index < -0.39 is 0 Å². The summed E-state index contributed by atoms with van der Waals surface area (Å²) in [6.45, 7) is 8.35. The fraction of sp³-hybridized carbons (Fsp3) is 0.571. The van der Waals surface area contributed by atoms with E-state index in [0.29, 0.717) is 18.6 Å². The Morgan fingerprint density at radius 3 is 2.18 bits per heavy atom. The molecule has 0 bridgehead atoms. The summed E-state index contributed by atoms with van der Waals surface area (Å²) in [6.07, 6.45) is 2.10. The Balaban J connectivity index is 2.91. The maximum atomic E-state index is 5.94. The fourth-order valence-electron chi connectivity index (χ4n) is 2.23. The zero-order valence-corrected chi connectivity index (χ0v) is 12.1. The molecule has 0 saturated heterocycles. The molecule has 0 radical (unpaired) electrons. The molecule has 0 fully saturated rings. The van der Waals surface area contributed by atoms with Crippen LogP contribution in [0.25, 0.3) is 0 Å². The second-order valence-corrected chi connectivity index (χ2v) is 5.33. The van der Waals surface area contributed by atoms with Crippen LogP contribution in [0.4, 0.5) is 0 Å². The van der Waals surface area contributed by atoms with Crippen LogP contribution in [0.5, 0.6) is 0 Å². The van der Waals surface area contributed by atoms with Crippen molar-refractivity contribution in [1.29, 1.82) is 0 Å². The van der Waals surface area contributed by atoms with Gasteiger partial charge in [-0.15, -0.1) is 11.8 Å². The van der Waals surface area contributed by atoms with Gasteiger partial charge in [0.25, 0.3) is 0 Å². The largest absolute Gasteiger partial charge is 0.329 e. The van der Waals surface area contributed by atoms with Crippen molar-refractivity contribution in [3.05, 3.63) is 29.8 Å². The lowest BCUT2D eigenvalue weighted by Gasteiger charge is -2.33. The van der Waals surface area contributed by atoms with Crippen molar-refractivity contribution in [3.63, 3.8) is 0 Å². The quantitative estimate of drug-likeness (QED) is 0.789. The van der Waals surface area contributed by atoms with Crippen LogP contribution in [-0.4, -0.2) is 30.3 Å². The van der Waals surface area contributed by atoms with E-state index in [4.69, 9.17) is 5.73 Å². The first-order valence-electron chi connectivity index (χ1n) is 6.23. The van der Waals surface area contributed by atoms with E-state index in [1.54, 1.807) is 11.8 Å². The summed E-state index contributed by atoms with van der Waals surface area (Å²) in [6, 6.07) is 9.61. The number of likely N-dealkylation sites (N-methyl/N-ethyl adjacent to an activating group) is 1. The van der Waals surface area contributed by atoms with Gasteiger partial charge in [-0.2, -0.15) is 0 Å². The van der Waals surface area contributed by atoms with E-state index in [1.165, 1.54) is 10.5 Å². The standard InChI is InChI=1S/C14H24N2S/c1-5-16(11(2)3)14(10-15)12-6-8-13(17-4)9-7-12/h6-9,11,14H,5,10,15H2,1-4H3. The highest BCUT2D eigenvalue weighted by Gasteiger charge is 2.19. The van der Waals surface area contributed by atoms with Gasteiger partial charge < -0.3 is 5.73 Å². The van der Waals surface area contributed by atoms with Gasteiger partial charge in [-0.3, -0.25) is 4.90 Å². The summed E-state index contributed by atoms with van der Waals surface area (Å²) >= 11 is 1.77. The highest BCUT2D eigenvalue weighted by Crippen LogP contribution is 2.24. The Kier molecular flexibility index (Phi) is 6.03. The van der Waals surface area contributed by atoms with Gasteiger partial charge in [0, 0.05) is 23.5 Å². The first-order chi connectivity index (χ1) is 8.13. The molecule has 2 nitrogen and oxygen atoms in total. The van der Waals surface area contributed by atoms with Gasteiger partial charge in [-0.25, -0.2) is 0 Å². The number of rotatable bonds is 6. The molecular weight excluding hydrogens is 228 g/mol. The molecule has 0 amide bonds. The molecule has 0 aliphatic heterocycles. The predicted octanol–water partition coefficient (Wildman–Crippen LogP) is 3.14. The van der Waals surface area contributed by atoms with Crippen LogP contribution in [0, 0.1) is 0 Å². The third-order valence-corrected chi connectivity index (χ3v) is 3.90. The Bertz CT molecular complexity index is 321. The van der Waals surface area contributed by atoms with E-state index in [-0.39, 0.29) is 0 Å². The maximum absolute atomic E-state index is 5.94. The number of nitrogens with zero attached hydrogens (tertiary/aromatic N) is 1. The molecule has 1 unspecified atom stereocenters. The van der Waals surface area contributed by atoms with E-state index in [9.17, 15) is 0 Å². The van der Waals surface area contributed by atoms with Gasteiger partial charge in [-0.05, 0) is 44.3 Å². The van der Waals surface area contributed by atoms with Crippen molar-refractivity contribution in [1.82, 2.24) is 4.90 Å². The lowest BCUT2D eigenvalue weighted by Crippen LogP contribution is -2.38. The summed E-state index contributed by atoms with van der Waals surface area (Å²) in [4.78, 5) is 3.74. The van der Waals surface area contributed by atoms with Crippen molar-refractivity contribution in [3.8, 4) is 0 Å². The zero-order valence-electron chi connectivity index (χ0n) is 11.3. The number of thioether (sulfide) groups is 1. The Morgan fingerprint density at radius 1 is 1.24 bits per heavy atom. The molecule has 2 N–H and O–H groups in total. The Morgan fingerprint density at radius 2 is 1.82 bits per heavy atom. The van der Waals surface area contributed by atoms with Crippen molar-refractivity contribution in [2.45, 2.75) is 37.8 Å². The molecule has 17 heavy (non-hydrogen) atoms. The number of nitrogens with two attached hydrogens (primary N) is 1. The molecule has 1 aromatic rings. The topological polar surface area (TPSA) is 29.3 Å². The molecule has 1 atom stereocenters. The van der Waals surface area contributed by atoms with Crippen LogP contribution < -0.4 is 5.73 Å². The average molecular weight is 252 g/mol. The first kappa shape index (κ1) is 14.6. The summed E-state index contributed by atoms with van der Waals surface area (Å²) < 4.78 is 0. The van der Waals surface area contributed by atoms with Crippen LogP contribution in [0.15, 0.2) is 29.2 Å². The highest BCUT2D eigenvalue weighted by molar-refractivity contribution is 7.98. The first-order valence-corrected chi connectivity index (χ1v) is 7.46. The molecule has 0 saturated carbocycles. The highest BCUT2D eigenvalue weighted by atomic mass is 32.2. The Labute approximate surface area is 110 Å². The lowest BCUT2D eigenvalue weighted by atomic mass is 10.0. The SMILES string of the molecule is CCN(C(C)C)C(CN)c1ccc(SC)cc1.